The molecule has 3 N–H and O–H groups in total. The van der Waals surface area contributed by atoms with Gasteiger partial charge in [-0.3, -0.25) is 4.79 Å². The molecule has 0 spiro atoms. The van der Waals surface area contributed by atoms with E-state index in [0.717, 1.165) is 0 Å². The number of hydrogen-bond acceptors (Lipinski definition) is 2. The summed E-state index contributed by atoms with van der Waals surface area (Å²) in [6.45, 7) is 7.61. The van der Waals surface area contributed by atoms with E-state index < -0.39 is 0 Å². The first kappa shape index (κ1) is 11.6. The van der Waals surface area contributed by atoms with Gasteiger partial charge < -0.3 is 11.1 Å². The molecule has 0 aliphatic carbocycles. The molecule has 0 unspecified atom stereocenters. The molecule has 13 heavy (non-hydrogen) atoms. The quantitative estimate of drug-likeness (QED) is 0.601. The summed E-state index contributed by atoms with van der Waals surface area (Å²) in [5.41, 5.74) is 5.93. The normalized spacial score (nSPS) is 10.7. The third-order valence-corrected chi connectivity index (χ3v) is 1.41. The molecule has 0 rings (SSSR count). The van der Waals surface area contributed by atoms with Gasteiger partial charge >= 0.3 is 0 Å². The smallest absolute Gasteiger partial charge is 0.224 e. The SMILES string of the molecule is C=C/C=C(\C=C)NC(=O)CCCN. The molecule has 0 aromatic heterocycles. The van der Waals surface area contributed by atoms with Crippen molar-refractivity contribution in [1.29, 1.82) is 0 Å². The highest BCUT2D eigenvalue weighted by Crippen LogP contribution is 1.93. The zero-order chi connectivity index (χ0) is 10.1. The Labute approximate surface area is 79.0 Å². The lowest BCUT2D eigenvalue weighted by Crippen LogP contribution is -2.22. The van der Waals surface area contributed by atoms with Gasteiger partial charge in [0.2, 0.25) is 5.91 Å². The number of amides is 1. The van der Waals surface area contributed by atoms with E-state index in [1.165, 1.54) is 0 Å². The highest BCUT2D eigenvalue weighted by atomic mass is 16.1. The van der Waals surface area contributed by atoms with Crippen LogP contribution in [-0.4, -0.2) is 12.5 Å². The maximum Gasteiger partial charge on any atom is 0.224 e. The third-order valence-electron chi connectivity index (χ3n) is 1.41. The van der Waals surface area contributed by atoms with Crippen molar-refractivity contribution in [2.75, 3.05) is 6.54 Å². The van der Waals surface area contributed by atoms with Crippen LogP contribution in [0.5, 0.6) is 0 Å². The molecule has 0 fully saturated rings. The van der Waals surface area contributed by atoms with E-state index in [-0.39, 0.29) is 5.91 Å². The summed E-state index contributed by atoms with van der Waals surface area (Å²) >= 11 is 0. The van der Waals surface area contributed by atoms with Crippen LogP contribution in [0.2, 0.25) is 0 Å². The minimum Gasteiger partial charge on any atom is -0.330 e. The van der Waals surface area contributed by atoms with Gasteiger partial charge in [0.15, 0.2) is 0 Å². The molecular formula is C10H16N2O. The molecule has 0 atom stereocenters. The minimum absolute atomic E-state index is 0.0431. The molecule has 1 amide bonds. The molecular weight excluding hydrogens is 164 g/mol. The zero-order valence-corrected chi connectivity index (χ0v) is 7.75. The fourth-order valence-electron chi connectivity index (χ4n) is 0.774. The van der Waals surface area contributed by atoms with Crippen LogP contribution in [0.4, 0.5) is 0 Å². The maximum atomic E-state index is 11.2. The van der Waals surface area contributed by atoms with Crippen molar-refractivity contribution >= 4 is 5.91 Å². The van der Waals surface area contributed by atoms with Crippen LogP contribution in [0.3, 0.4) is 0 Å². The fraction of sp³-hybridized carbons (Fsp3) is 0.300. The molecule has 0 heterocycles. The van der Waals surface area contributed by atoms with Gasteiger partial charge in [-0.25, -0.2) is 0 Å². The Morgan fingerprint density at radius 3 is 2.62 bits per heavy atom. The Balaban J connectivity index is 3.94. The van der Waals surface area contributed by atoms with Crippen molar-refractivity contribution in [2.45, 2.75) is 12.8 Å². The van der Waals surface area contributed by atoms with E-state index in [0.29, 0.717) is 25.1 Å². The number of nitrogens with two attached hydrogens (primary N) is 1. The number of nitrogens with one attached hydrogen (secondary N) is 1. The van der Waals surface area contributed by atoms with Crippen molar-refractivity contribution in [2.24, 2.45) is 5.73 Å². The van der Waals surface area contributed by atoms with Crippen LogP contribution in [0.15, 0.2) is 37.1 Å². The van der Waals surface area contributed by atoms with Crippen LogP contribution in [0.1, 0.15) is 12.8 Å². The molecule has 0 bridgehead atoms. The summed E-state index contributed by atoms with van der Waals surface area (Å²) in [4.78, 5) is 11.2. The maximum absolute atomic E-state index is 11.2. The van der Waals surface area contributed by atoms with Crippen molar-refractivity contribution in [3.63, 3.8) is 0 Å². The first-order chi connectivity index (χ1) is 6.24. The van der Waals surface area contributed by atoms with Crippen molar-refractivity contribution < 1.29 is 4.79 Å². The topological polar surface area (TPSA) is 55.1 Å². The Morgan fingerprint density at radius 1 is 1.46 bits per heavy atom. The lowest BCUT2D eigenvalue weighted by Gasteiger charge is -2.03. The summed E-state index contributed by atoms with van der Waals surface area (Å²) in [5.74, 6) is -0.0431. The van der Waals surface area contributed by atoms with Gasteiger partial charge in [-0.1, -0.05) is 19.2 Å². The minimum atomic E-state index is -0.0431. The van der Waals surface area contributed by atoms with E-state index >= 15 is 0 Å². The molecule has 0 aromatic rings. The van der Waals surface area contributed by atoms with E-state index in [1.54, 1.807) is 18.2 Å². The van der Waals surface area contributed by atoms with E-state index in [4.69, 9.17) is 5.73 Å². The zero-order valence-electron chi connectivity index (χ0n) is 7.75. The second-order valence-corrected chi connectivity index (χ2v) is 2.50. The monoisotopic (exact) mass is 180 g/mol. The number of carbonyl (C=O) groups is 1. The van der Waals surface area contributed by atoms with Crippen molar-refractivity contribution in [1.82, 2.24) is 5.32 Å². The molecule has 3 heteroatoms. The van der Waals surface area contributed by atoms with Gasteiger partial charge in [0.1, 0.15) is 0 Å². The third kappa shape index (κ3) is 5.87. The fourth-order valence-corrected chi connectivity index (χ4v) is 0.774. The summed E-state index contributed by atoms with van der Waals surface area (Å²) in [6.07, 6.45) is 6.00. The van der Waals surface area contributed by atoms with Crippen LogP contribution < -0.4 is 11.1 Å². The Kier molecular flexibility index (Phi) is 6.55. The van der Waals surface area contributed by atoms with Gasteiger partial charge in [0, 0.05) is 12.1 Å². The molecule has 0 radical (unpaired) electrons. The molecule has 0 aromatic carbocycles. The van der Waals surface area contributed by atoms with Crippen LogP contribution in [0.25, 0.3) is 0 Å². The molecule has 3 nitrogen and oxygen atoms in total. The molecule has 0 aliphatic rings. The van der Waals surface area contributed by atoms with Crippen molar-refractivity contribution in [3.05, 3.63) is 37.1 Å². The average molecular weight is 180 g/mol. The largest absolute Gasteiger partial charge is 0.330 e. The summed E-state index contributed by atoms with van der Waals surface area (Å²) < 4.78 is 0. The average Bonchev–Trinajstić information content (AvgIpc) is 2.14. The summed E-state index contributed by atoms with van der Waals surface area (Å²) in [7, 11) is 0. The van der Waals surface area contributed by atoms with Crippen LogP contribution in [-0.2, 0) is 4.79 Å². The Hall–Kier alpha value is -1.35. The number of allylic oxidation sites excluding steroid dienone is 3. The van der Waals surface area contributed by atoms with Gasteiger partial charge in [-0.2, -0.15) is 0 Å². The van der Waals surface area contributed by atoms with E-state index in [9.17, 15) is 4.79 Å². The Morgan fingerprint density at radius 2 is 2.15 bits per heavy atom. The summed E-state index contributed by atoms with van der Waals surface area (Å²) in [6, 6.07) is 0. The van der Waals surface area contributed by atoms with Gasteiger partial charge in [0.25, 0.3) is 0 Å². The van der Waals surface area contributed by atoms with Gasteiger partial charge in [0.05, 0.1) is 0 Å². The van der Waals surface area contributed by atoms with Crippen LogP contribution in [0, 0.1) is 0 Å². The predicted molar refractivity (Wildman–Crippen MR) is 54.9 cm³/mol. The lowest BCUT2D eigenvalue weighted by atomic mass is 10.3. The van der Waals surface area contributed by atoms with E-state index in [1.807, 2.05) is 0 Å². The van der Waals surface area contributed by atoms with Crippen molar-refractivity contribution in [3.8, 4) is 0 Å². The number of carbonyl (C=O) groups excluding carboxylic acids is 1. The highest BCUT2D eigenvalue weighted by Gasteiger charge is 1.99. The van der Waals surface area contributed by atoms with Gasteiger partial charge in [-0.05, 0) is 25.1 Å². The van der Waals surface area contributed by atoms with Crippen LogP contribution >= 0.6 is 0 Å². The van der Waals surface area contributed by atoms with Gasteiger partial charge in [-0.15, -0.1) is 0 Å². The highest BCUT2D eigenvalue weighted by molar-refractivity contribution is 5.78. The first-order valence-corrected chi connectivity index (χ1v) is 4.19. The standard InChI is InChI=1S/C10H16N2O/c1-3-6-9(4-2)12-10(13)7-5-8-11/h3-4,6H,1-2,5,7-8,11H2,(H,12,13)/b9-6+. The number of hydrogen-bond donors (Lipinski definition) is 2. The second-order valence-electron chi connectivity index (χ2n) is 2.50. The first-order valence-electron chi connectivity index (χ1n) is 4.19. The molecule has 72 valence electrons. The molecule has 0 aliphatic heterocycles. The molecule has 0 saturated heterocycles. The predicted octanol–water partition coefficient (Wildman–Crippen LogP) is 1.10. The second kappa shape index (κ2) is 7.31. The number of rotatable bonds is 6. The lowest BCUT2D eigenvalue weighted by molar-refractivity contribution is -0.120. The Bertz CT molecular complexity index is 219. The molecule has 0 saturated carbocycles. The summed E-state index contributed by atoms with van der Waals surface area (Å²) in [5, 5.41) is 2.68. The van der Waals surface area contributed by atoms with E-state index in [2.05, 4.69) is 18.5 Å².